The molecule has 1 aromatic carbocycles. The number of benzene rings is 1. The van der Waals surface area contributed by atoms with Crippen LogP contribution in [0.3, 0.4) is 0 Å². The SMILES string of the molecule is C#Cc1cccc(NC(C)c2nccs2)c1. The van der Waals surface area contributed by atoms with Gasteiger partial charge in [0, 0.05) is 22.8 Å². The van der Waals surface area contributed by atoms with Gasteiger partial charge in [-0.3, -0.25) is 0 Å². The molecule has 16 heavy (non-hydrogen) atoms. The van der Waals surface area contributed by atoms with E-state index in [1.807, 2.05) is 35.8 Å². The van der Waals surface area contributed by atoms with Crippen molar-refractivity contribution in [2.24, 2.45) is 0 Å². The van der Waals surface area contributed by atoms with Crippen molar-refractivity contribution in [3.8, 4) is 12.3 Å². The maximum atomic E-state index is 5.36. The van der Waals surface area contributed by atoms with Gasteiger partial charge in [-0.1, -0.05) is 12.0 Å². The first-order valence-electron chi connectivity index (χ1n) is 5.02. The van der Waals surface area contributed by atoms with Crippen LogP contribution >= 0.6 is 11.3 Å². The quantitative estimate of drug-likeness (QED) is 0.815. The van der Waals surface area contributed by atoms with Gasteiger partial charge in [0.1, 0.15) is 5.01 Å². The zero-order valence-electron chi connectivity index (χ0n) is 8.97. The van der Waals surface area contributed by atoms with Gasteiger partial charge in [-0.05, 0) is 25.1 Å². The van der Waals surface area contributed by atoms with Crippen molar-refractivity contribution in [1.82, 2.24) is 4.98 Å². The third-order valence-corrected chi connectivity index (χ3v) is 3.19. The third-order valence-electron chi connectivity index (χ3n) is 2.23. The van der Waals surface area contributed by atoms with Crippen LogP contribution in [-0.2, 0) is 0 Å². The van der Waals surface area contributed by atoms with E-state index in [0.29, 0.717) is 0 Å². The van der Waals surface area contributed by atoms with Crippen molar-refractivity contribution in [3.05, 3.63) is 46.4 Å². The molecule has 0 aliphatic heterocycles. The molecule has 1 atom stereocenters. The van der Waals surface area contributed by atoms with Crippen molar-refractivity contribution < 1.29 is 0 Å². The van der Waals surface area contributed by atoms with Gasteiger partial charge in [-0.15, -0.1) is 17.8 Å². The molecule has 0 radical (unpaired) electrons. The van der Waals surface area contributed by atoms with E-state index in [-0.39, 0.29) is 6.04 Å². The third kappa shape index (κ3) is 2.41. The van der Waals surface area contributed by atoms with Gasteiger partial charge in [-0.25, -0.2) is 4.98 Å². The van der Waals surface area contributed by atoms with Gasteiger partial charge < -0.3 is 5.32 Å². The highest BCUT2D eigenvalue weighted by atomic mass is 32.1. The van der Waals surface area contributed by atoms with E-state index >= 15 is 0 Å². The summed E-state index contributed by atoms with van der Waals surface area (Å²) in [6.45, 7) is 2.08. The summed E-state index contributed by atoms with van der Waals surface area (Å²) in [4.78, 5) is 4.27. The monoisotopic (exact) mass is 228 g/mol. The fraction of sp³-hybridized carbons (Fsp3) is 0.154. The fourth-order valence-corrected chi connectivity index (χ4v) is 2.10. The summed E-state index contributed by atoms with van der Waals surface area (Å²) in [5.41, 5.74) is 1.91. The van der Waals surface area contributed by atoms with Crippen LogP contribution < -0.4 is 5.32 Å². The molecule has 1 N–H and O–H groups in total. The van der Waals surface area contributed by atoms with Crippen molar-refractivity contribution in [1.29, 1.82) is 0 Å². The lowest BCUT2D eigenvalue weighted by Crippen LogP contribution is -2.05. The smallest absolute Gasteiger partial charge is 0.115 e. The Hall–Kier alpha value is -1.79. The first kappa shape index (κ1) is 10.7. The van der Waals surface area contributed by atoms with Gasteiger partial charge in [0.25, 0.3) is 0 Å². The number of hydrogen-bond donors (Lipinski definition) is 1. The minimum atomic E-state index is 0.202. The number of anilines is 1. The molecule has 2 nitrogen and oxygen atoms in total. The van der Waals surface area contributed by atoms with E-state index < -0.39 is 0 Å². The maximum Gasteiger partial charge on any atom is 0.115 e. The van der Waals surface area contributed by atoms with Crippen LogP contribution in [0.4, 0.5) is 5.69 Å². The average molecular weight is 228 g/mol. The van der Waals surface area contributed by atoms with Crippen LogP contribution in [0.25, 0.3) is 0 Å². The normalized spacial score (nSPS) is 11.8. The highest BCUT2D eigenvalue weighted by molar-refractivity contribution is 7.09. The van der Waals surface area contributed by atoms with Crippen molar-refractivity contribution >= 4 is 17.0 Å². The Balaban J connectivity index is 2.12. The Morgan fingerprint density at radius 3 is 3.06 bits per heavy atom. The van der Waals surface area contributed by atoms with Crippen LogP contribution in [0.2, 0.25) is 0 Å². The molecule has 2 aromatic rings. The van der Waals surface area contributed by atoms with Gasteiger partial charge in [0.05, 0.1) is 6.04 Å². The lowest BCUT2D eigenvalue weighted by atomic mass is 10.2. The van der Waals surface area contributed by atoms with Crippen molar-refractivity contribution in [2.45, 2.75) is 13.0 Å². The summed E-state index contributed by atoms with van der Waals surface area (Å²) in [6, 6.07) is 8.04. The summed E-state index contributed by atoms with van der Waals surface area (Å²) < 4.78 is 0. The molecular weight excluding hydrogens is 216 g/mol. The van der Waals surface area contributed by atoms with Gasteiger partial charge in [0.2, 0.25) is 0 Å². The first-order valence-corrected chi connectivity index (χ1v) is 5.90. The zero-order chi connectivity index (χ0) is 11.4. The molecule has 1 unspecified atom stereocenters. The Morgan fingerprint density at radius 1 is 1.50 bits per heavy atom. The molecular formula is C13H12N2S. The highest BCUT2D eigenvalue weighted by Gasteiger charge is 2.07. The van der Waals surface area contributed by atoms with E-state index in [4.69, 9.17) is 6.42 Å². The van der Waals surface area contributed by atoms with Gasteiger partial charge in [0.15, 0.2) is 0 Å². The molecule has 1 heterocycles. The van der Waals surface area contributed by atoms with Crippen molar-refractivity contribution in [2.75, 3.05) is 5.32 Å². The summed E-state index contributed by atoms with van der Waals surface area (Å²) in [7, 11) is 0. The number of aromatic nitrogens is 1. The standard InChI is InChI=1S/C13H12N2S/c1-3-11-5-4-6-12(9-11)15-10(2)13-14-7-8-16-13/h1,4-10,15H,2H3. The van der Waals surface area contributed by atoms with Gasteiger partial charge in [-0.2, -0.15) is 0 Å². The second kappa shape index (κ2) is 4.82. The number of thiazole rings is 1. The summed E-state index contributed by atoms with van der Waals surface area (Å²) in [6.07, 6.45) is 7.17. The van der Waals surface area contributed by atoms with E-state index in [9.17, 15) is 0 Å². The predicted molar refractivity (Wildman–Crippen MR) is 68.5 cm³/mol. The lowest BCUT2D eigenvalue weighted by Gasteiger charge is -2.12. The van der Waals surface area contributed by atoms with Crippen LogP contribution in [-0.4, -0.2) is 4.98 Å². The number of nitrogens with zero attached hydrogens (tertiary/aromatic N) is 1. The summed E-state index contributed by atoms with van der Waals surface area (Å²) >= 11 is 1.65. The lowest BCUT2D eigenvalue weighted by molar-refractivity contribution is 0.870. The summed E-state index contributed by atoms with van der Waals surface area (Å²) in [5, 5.41) is 6.42. The zero-order valence-corrected chi connectivity index (χ0v) is 9.79. The fourth-order valence-electron chi connectivity index (χ4n) is 1.46. The highest BCUT2D eigenvalue weighted by Crippen LogP contribution is 2.21. The molecule has 0 amide bonds. The molecule has 0 bridgehead atoms. The number of hydrogen-bond acceptors (Lipinski definition) is 3. The van der Waals surface area contributed by atoms with Crippen LogP contribution in [0.1, 0.15) is 23.5 Å². The van der Waals surface area contributed by atoms with Crippen molar-refractivity contribution in [3.63, 3.8) is 0 Å². The Labute approximate surface area is 99.4 Å². The molecule has 0 spiro atoms. The van der Waals surface area contributed by atoms with Gasteiger partial charge >= 0.3 is 0 Å². The molecule has 0 fully saturated rings. The number of terminal acetylenes is 1. The summed E-state index contributed by atoms with van der Waals surface area (Å²) in [5.74, 6) is 2.62. The molecule has 1 aromatic heterocycles. The van der Waals surface area contributed by atoms with E-state index in [1.165, 1.54) is 0 Å². The second-order valence-corrected chi connectivity index (χ2v) is 4.39. The molecule has 0 aliphatic rings. The second-order valence-electron chi connectivity index (χ2n) is 3.46. The minimum absolute atomic E-state index is 0.202. The molecule has 80 valence electrons. The van der Waals surface area contributed by atoms with Crippen LogP contribution in [0.5, 0.6) is 0 Å². The molecule has 2 rings (SSSR count). The molecule has 3 heteroatoms. The molecule has 0 saturated heterocycles. The predicted octanol–water partition coefficient (Wildman–Crippen LogP) is 3.30. The number of nitrogens with one attached hydrogen (secondary N) is 1. The first-order chi connectivity index (χ1) is 7.79. The topological polar surface area (TPSA) is 24.9 Å². The molecule has 0 saturated carbocycles. The maximum absolute atomic E-state index is 5.36. The van der Waals surface area contributed by atoms with E-state index in [2.05, 4.69) is 23.1 Å². The Morgan fingerprint density at radius 2 is 2.38 bits per heavy atom. The largest absolute Gasteiger partial charge is 0.376 e. The average Bonchev–Trinajstić information content (AvgIpc) is 2.83. The Bertz CT molecular complexity index is 497. The Kier molecular flexibility index (Phi) is 3.23. The van der Waals surface area contributed by atoms with E-state index in [0.717, 1.165) is 16.3 Å². The minimum Gasteiger partial charge on any atom is -0.376 e. The van der Waals surface area contributed by atoms with Crippen LogP contribution in [0, 0.1) is 12.3 Å². The number of rotatable bonds is 3. The molecule has 0 aliphatic carbocycles. The van der Waals surface area contributed by atoms with E-state index in [1.54, 1.807) is 11.3 Å². The van der Waals surface area contributed by atoms with Crippen LogP contribution in [0.15, 0.2) is 35.8 Å².